The molecule has 2 nitrogen and oxygen atoms in total. The molecule has 0 saturated heterocycles. The highest BCUT2D eigenvalue weighted by Crippen LogP contribution is 2.84. The minimum absolute atomic E-state index is 0.0461. The number of carbonyl (C=O) groups excluding carboxylic acids is 1. The molecule has 0 aliphatic heterocycles. The Morgan fingerprint density at radius 3 is 2.43 bits per heavy atom. The van der Waals surface area contributed by atoms with E-state index in [-0.39, 0.29) is 16.8 Å². The Balaban J connectivity index is 1.07. The molecule has 0 amide bonds. The summed E-state index contributed by atoms with van der Waals surface area (Å²) < 4.78 is 5.78. The molecule has 1 spiro atoms. The van der Waals surface area contributed by atoms with Gasteiger partial charge >= 0.3 is 5.97 Å². The van der Waals surface area contributed by atoms with Gasteiger partial charge in [-0.25, -0.2) is 0 Å². The summed E-state index contributed by atoms with van der Waals surface area (Å²) in [6.07, 6.45) is 11.3. The van der Waals surface area contributed by atoms with Gasteiger partial charge in [-0.1, -0.05) is 74.0 Å². The number of benzene rings is 8. The Hall–Kier alpha value is -5.47. The van der Waals surface area contributed by atoms with E-state index < -0.39 is 0 Å². The zero-order chi connectivity index (χ0) is 35.8. The normalized spacial score (nSPS) is 27.2. The molecule has 8 aliphatic carbocycles. The smallest absolute Gasteiger partial charge is 0.305 e. The summed E-state index contributed by atoms with van der Waals surface area (Å²) in [6, 6.07) is 19.6. The highest BCUT2D eigenvalue weighted by Gasteiger charge is 2.79. The van der Waals surface area contributed by atoms with Crippen molar-refractivity contribution in [2.75, 3.05) is 6.61 Å². The molecule has 56 heavy (non-hydrogen) atoms. The van der Waals surface area contributed by atoms with Crippen LogP contribution in [0, 0.1) is 11.8 Å². The SMILES string of the molecule is CC(C)COC(=O)CCCC1(c2ccccc2)C2c3cc4c5c6c7c8c9c%10c%11c%12c(cc%13cc%14c%15c(c%16c3c5c8c%16c3c%15c%13c%12c93)C21C=%14)CC=%11CC(C=C6C4)C7%10. The predicted molar refractivity (Wildman–Crippen MR) is 227 cm³/mol. The first kappa shape index (κ1) is 27.2. The number of esters is 1. The third kappa shape index (κ3) is 2.21. The van der Waals surface area contributed by atoms with E-state index in [1.807, 2.05) is 0 Å². The van der Waals surface area contributed by atoms with Crippen molar-refractivity contribution in [1.29, 1.82) is 0 Å². The molecule has 0 heterocycles. The van der Waals surface area contributed by atoms with Gasteiger partial charge in [0.1, 0.15) is 0 Å². The van der Waals surface area contributed by atoms with E-state index in [0.29, 0.717) is 36.7 Å². The molecular weight excluding hydrogens is 681 g/mol. The lowest BCUT2D eigenvalue weighted by Crippen LogP contribution is -2.28. The summed E-state index contributed by atoms with van der Waals surface area (Å²) in [4.78, 5) is 13.2. The fourth-order valence-electron chi connectivity index (χ4n) is 16.7. The first-order valence-corrected chi connectivity index (χ1v) is 21.5. The van der Waals surface area contributed by atoms with E-state index in [2.05, 4.69) is 74.5 Å². The molecule has 8 aliphatic rings. The largest absolute Gasteiger partial charge is 0.465 e. The molecule has 2 heteroatoms. The number of ether oxygens (including phenoxy) is 1. The third-order valence-corrected chi connectivity index (χ3v) is 17.7. The Kier molecular flexibility index (Phi) is 3.71. The molecule has 0 N–H and O–H groups in total. The maximum absolute atomic E-state index is 13.2. The van der Waals surface area contributed by atoms with Crippen molar-refractivity contribution < 1.29 is 9.53 Å². The van der Waals surface area contributed by atoms with Gasteiger partial charge in [-0.2, -0.15) is 0 Å². The highest BCUT2D eigenvalue weighted by atomic mass is 16.5. The van der Waals surface area contributed by atoms with Gasteiger partial charge in [0.2, 0.25) is 0 Å². The second kappa shape index (κ2) is 7.64. The number of rotatable bonds is 7. The molecule has 5 atom stereocenters. The van der Waals surface area contributed by atoms with E-state index in [0.717, 1.165) is 25.7 Å². The molecule has 0 radical (unpaired) electrons. The van der Waals surface area contributed by atoms with Crippen LogP contribution in [0.5, 0.6) is 0 Å². The fourth-order valence-corrected chi connectivity index (χ4v) is 16.7. The van der Waals surface area contributed by atoms with E-state index >= 15 is 0 Å². The van der Waals surface area contributed by atoms with Crippen LogP contribution in [-0.4, -0.2) is 12.6 Å². The van der Waals surface area contributed by atoms with E-state index in [1.165, 1.54) is 22.6 Å². The lowest BCUT2D eigenvalue weighted by atomic mass is 9.69. The zero-order valence-corrected chi connectivity index (χ0v) is 31.3. The van der Waals surface area contributed by atoms with Crippen molar-refractivity contribution in [3.8, 4) is 0 Å². The van der Waals surface area contributed by atoms with Crippen LogP contribution in [0.25, 0.3) is 103 Å². The van der Waals surface area contributed by atoms with Gasteiger partial charge in [-0.3, -0.25) is 4.79 Å². The number of allylic oxidation sites excluding steroid dienone is 2. The van der Waals surface area contributed by atoms with Crippen LogP contribution in [0.15, 0.2) is 54.6 Å². The van der Waals surface area contributed by atoms with Crippen molar-refractivity contribution in [2.24, 2.45) is 11.8 Å². The number of hydrogen-bond donors (Lipinski definition) is 0. The quantitative estimate of drug-likeness (QED) is 0.121. The van der Waals surface area contributed by atoms with Crippen LogP contribution in [0.4, 0.5) is 0 Å². The van der Waals surface area contributed by atoms with Crippen LogP contribution >= 0.6 is 0 Å². The predicted octanol–water partition coefficient (Wildman–Crippen LogP) is 10.7. The Morgan fingerprint density at radius 1 is 0.786 bits per heavy atom. The molecule has 5 unspecified atom stereocenters. The van der Waals surface area contributed by atoms with Crippen LogP contribution < -0.4 is 10.4 Å². The topological polar surface area (TPSA) is 26.3 Å². The van der Waals surface area contributed by atoms with Gasteiger partial charge in [0, 0.05) is 29.1 Å². The molecule has 0 aromatic heterocycles. The lowest BCUT2D eigenvalue weighted by molar-refractivity contribution is -0.144. The molecule has 18 rings (SSSR count). The molecule has 10 aromatic rings. The van der Waals surface area contributed by atoms with Gasteiger partial charge in [-0.15, -0.1) is 0 Å². The molecule has 0 bridgehead atoms. The average Bonchev–Trinajstić information content (AvgIpc) is 3.88. The van der Waals surface area contributed by atoms with Crippen molar-refractivity contribution in [3.05, 3.63) is 110 Å². The van der Waals surface area contributed by atoms with Crippen molar-refractivity contribution in [3.63, 3.8) is 0 Å². The Morgan fingerprint density at radius 2 is 1.55 bits per heavy atom. The zero-order valence-electron chi connectivity index (χ0n) is 31.3. The summed E-state index contributed by atoms with van der Waals surface area (Å²) in [5.41, 5.74) is 16.0. The van der Waals surface area contributed by atoms with Gasteiger partial charge in [0.05, 0.1) is 6.61 Å². The standard InChI is InChI=1S/C54H34O2/c1-20(2)19-56-30(55)9-6-10-53(28-7-4-3-5-8-28)52-29-17-26-15-23-13-24-12-21-11-22-14-25-16-27-18-54(52,53)51-37(27)42-36(25)41-32(22)31(21)39-35(24)40-33(23)34(26)43-38(29)50(51)49-47(42)45(41)44(39)46(40)48(43)49/h3-5,7-8,13-14,16-18,20,24,35,52H,6,9-12,15,19H2,1-2H3. The van der Waals surface area contributed by atoms with E-state index in [9.17, 15) is 4.79 Å². The second-order valence-electron chi connectivity index (χ2n) is 20.1. The number of carbonyl (C=O) groups is 1. The first-order valence-electron chi connectivity index (χ1n) is 21.5. The van der Waals surface area contributed by atoms with Gasteiger partial charge in [0.25, 0.3) is 0 Å². The van der Waals surface area contributed by atoms with Crippen molar-refractivity contribution in [1.82, 2.24) is 0 Å². The van der Waals surface area contributed by atoms with Crippen molar-refractivity contribution in [2.45, 2.75) is 75.0 Å². The second-order valence-corrected chi connectivity index (χ2v) is 20.1. The molecule has 262 valence electrons. The van der Waals surface area contributed by atoms with Crippen LogP contribution in [0.2, 0.25) is 0 Å². The summed E-state index contributed by atoms with van der Waals surface area (Å²) in [6.45, 7) is 4.74. The van der Waals surface area contributed by atoms with Crippen LogP contribution in [0.1, 0.15) is 95.9 Å². The number of fused-ring (bicyclic) bond motifs is 1. The molecule has 10 aromatic carbocycles. The monoisotopic (exact) mass is 714 g/mol. The number of hydrogen-bond acceptors (Lipinski definition) is 2. The first-order chi connectivity index (χ1) is 27.5. The summed E-state index contributed by atoms with van der Waals surface area (Å²) in [7, 11) is 0. The van der Waals surface area contributed by atoms with Gasteiger partial charge in [-0.05, 0) is 197 Å². The molecular formula is C54H34O2. The fraction of sp³-hybridized carbons (Fsp3) is 0.278. The Labute approximate surface area is 320 Å². The summed E-state index contributed by atoms with van der Waals surface area (Å²) in [5.74, 6) is 1.70. The van der Waals surface area contributed by atoms with Crippen LogP contribution in [0.3, 0.4) is 0 Å². The highest BCUT2D eigenvalue weighted by molar-refractivity contribution is 6.58. The van der Waals surface area contributed by atoms with E-state index in [4.69, 9.17) is 4.74 Å². The van der Waals surface area contributed by atoms with Gasteiger partial charge < -0.3 is 4.74 Å². The molecule has 1 fully saturated rings. The maximum atomic E-state index is 13.2. The van der Waals surface area contributed by atoms with Crippen LogP contribution in [-0.2, 0) is 33.2 Å². The van der Waals surface area contributed by atoms with Gasteiger partial charge in [0.15, 0.2) is 0 Å². The Bertz CT molecular complexity index is 3880. The van der Waals surface area contributed by atoms with E-state index in [1.54, 1.807) is 136 Å². The minimum atomic E-state index is -0.152. The minimum Gasteiger partial charge on any atom is -0.465 e. The molecule has 1 saturated carbocycles. The lowest BCUT2D eigenvalue weighted by Gasteiger charge is -2.33. The summed E-state index contributed by atoms with van der Waals surface area (Å²) in [5, 5.41) is 28.8. The maximum Gasteiger partial charge on any atom is 0.305 e. The summed E-state index contributed by atoms with van der Waals surface area (Å²) >= 11 is 0. The average molecular weight is 715 g/mol. The third-order valence-electron chi connectivity index (χ3n) is 17.7. The van der Waals surface area contributed by atoms with Crippen molar-refractivity contribution >= 4 is 109 Å².